The van der Waals surface area contributed by atoms with Gasteiger partial charge in [0.1, 0.15) is 5.40 Å². The van der Waals surface area contributed by atoms with Crippen LogP contribution in [0.2, 0.25) is 0 Å². The van der Waals surface area contributed by atoms with Crippen molar-refractivity contribution in [3.8, 4) is 5.40 Å². The van der Waals surface area contributed by atoms with E-state index < -0.39 is 11.8 Å². The van der Waals surface area contributed by atoms with Gasteiger partial charge in [-0.05, 0) is 48.9 Å². The molecule has 92 valence electrons. The molecule has 18 heavy (non-hydrogen) atoms. The van der Waals surface area contributed by atoms with E-state index in [9.17, 15) is 9.59 Å². The number of carbonyl (C=O) groups excluding carboxylic acids is 2. The first-order valence-corrected chi connectivity index (χ1v) is 6.28. The molecule has 0 radical (unpaired) electrons. The van der Waals surface area contributed by atoms with Crippen LogP contribution >= 0.6 is 11.8 Å². The maximum atomic E-state index is 11.5. The van der Waals surface area contributed by atoms with Crippen molar-refractivity contribution in [1.29, 1.82) is 5.26 Å². The van der Waals surface area contributed by atoms with E-state index in [4.69, 9.17) is 5.26 Å². The number of rotatable bonds is 3. The number of thioether (sulfide) groups is 1. The van der Waals surface area contributed by atoms with Crippen molar-refractivity contribution >= 4 is 29.3 Å². The van der Waals surface area contributed by atoms with Gasteiger partial charge in [-0.2, -0.15) is 5.26 Å². The van der Waals surface area contributed by atoms with Gasteiger partial charge in [-0.3, -0.25) is 9.59 Å². The standard InChI is InChI=1S/C12H11N3O2S/c13-7-18-10-5-3-9(4-6-10)15-12(17)11(16)14-8-1-2-8/h3-6,8H,1-2H2,(H,14,16)(H,15,17). The fraction of sp³-hybridized carbons (Fsp3) is 0.250. The smallest absolute Gasteiger partial charge is 0.313 e. The molecule has 1 aliphatic rings. The third-order valence-electron chi connectivity index (χ3n) is 2.39. The Balaban J connectivity index is 1.89. The number of carbonyl (C=O) groups is 2. The van der Waals surface area contributed by atoms with E-state index in [1.807, 2.05) is 5.40 Å². The lowest BCUT2D eigenvalue weighted by atomic mass is 10.3. The SMILES string of the molecule is N#CSc1ccc(NC(=O)C(=O)NC2CC2)cc1. The molecule has 2 rings (SSSR count). The number of nitrogens with zero attached hydrogens (tertiary/aromatic N) is 1. The minimum Gasteiger partial charge on any atom is -0.345 e. The lowest BCUT2D eigenvalue weighted by Crippen LogP contribution is -2.36. The normalized spacial score (nSPS) is 13.5. The van der Waals surface area contributed by atoms with Gasteiger partial charge in [-0.25, -0.2) is 0 Å². The molecule has 0 saturated heterocycles. The van der Waals surface area contributed by atoms with E-state index in [-0.39, 0.29) is 6.04 Å². The van der Waals surface area contributed by atoms with E-state index in [0.29, 0.717) is 5.69 Å². The number of anilines is 1. The van der Waals surface area contributed by atoms with Gasteiger partial charge in [-0.15, -0.1) is 0 Å². The maximum absolute atomic E-state index is 11.5. The highest BCUT2D eigenvalue weighted by Gasteiger charge is 2.26. The Bertz CT molecular complexity index is 503. The van der Waals surface area contributed by atoms with Crippen LogP contribution in [0.1, 0.15) is 12.8 Å². The lowest BCUT2D eigenvalue weighted by molar-refractivity contribution is -0.136. The highest BCUT2D eigenvalue weighted by molar-refractivity contribution is 8.03. The van der Waals surface area contributed by atoms with Gasteiger partial charge in [0.05, 0.1) is 0 Å². The van der Waals surface area contributed by atoms with Crippen molar-refractivity contribution in [3.63, 3.8) is 0 Å². The number of nitriles is 1. The molecule has 0 unspecified atom stereocenters. The number of thiocyanates is 1. The predicted octanol–water partition coefficient (Wildman–Crippen LogP) is 1.48. The third-order valence-corrected chi connectivity index (χ3v) is 2.99. The lowest BCUT2D eigenvalue weighted by Gasteiger charge is -2.05. The van der Waals surface area contributed by atoms with Crippen LogP contribution in [0.25, 0.3) is 0 Å². The van der Waals surface area contributed by atoms with Gasteiger partial charge in [0, 0.05) is 16.6 Å². The summed E-state index contributed by atoms with van der Waals surface area (Å²) in [6.07, 6.45) is 1.89. The zero-order valence-corrected chi connectivity index (χ0v) is 10.3. The Morgan fingerprint density at radius 3 is 2.44 bits per heavy atom. The largest absolute Gasteiger partial charge is 0.345 e. The molecule has 1 fully saturated rings. The summed E-state index contributed by atoms with van der Waals surface area (Å²) in [6.45, 7) is 0. The molecule has 5 nitrogen and oxygen atoms in total. The van der Waals surface area contributed by atoms with Crippen molar-refractivity contribution in [3.05, 3.63) is 24.3 Å². The molecule has 0 aliphatic heterocycles. The monoisotopic (exact) mass is 261 g/mol. The quantitative estimate of drug-likeness (QED) is 0.490. The number of benzene rings is 1. The van der Waals surface area contributed by atoms with E-state index in [2.05, 4.69) is 10.6 Å². The predicted molar refractivity (Wildman–Crippen MR) is 67.7 cm³/mol. The van der Waals surface area contributed by atoms with Crippen LogP contribution in [0.5, 0.6) is 0 Å². The van der Waals surface area contributed by atoms with Crippen molar-refractivity contribution in [2.75, 3.05) is 5.32 Å². The van der Waals surface area contributed by atoms with Crippen molar-refractivity contribution in [1.82, 2.24) is 5.32 Å². The van der Waals surface area contributed by atoms with E-state index in [1.54, 1.807) is 24.3 Å². The second kappa shape index (κ2) is 5.56. The van der Waals surface area contributed by atoms with E-state index in [0.717, 1.165) is 29.5 Å². The molecule has 2 N–H and O–H groups in total. The minimum absolute atomic E-state index is 0.164. The summed E-state index contributed by atoms with van der Waals surface area (Å²) in [6, 6.07) is 6.90. The zero-order valence-electron chi connectivity index (χ0n) is 9.47. The molecule has 0 atom stereocenters. The van der Waals surface area contributed by atoms with Gasteiger partial charge in [0.25, 0.3) is 0 Å². The van der Waals surface area contributed by atoms with Gasteiger partial charge in [0.2, 0.25) is 0 Å². The Morgan fingerprint density at radius 2 is 1.89 bits per heavy atom. The Morgan fingerprint density at radius 1 is 1.22 bits per heavy atom. The summed E-state index contributed by atoms with van der Waals surface area (Å²) in [4.78, 5) is 23.7. The molecule has 1 aromatic rings. The summed E-state index contributed by atoms with van der Waals surface area (Å²) >= 11 is 1.04. The third kappa shape index (κ3) is 3.50. The van der Waals surface area contributed by atoms with Gasteiger partial charge < -0.3 is 10.6 Å². The summed E-state index contributed by atoms with van der Waals surface area (Å²) < 4.78 is 0. The van der Waals surface area contributed by atoms with Crippen molar-refractivity contribution in [2.24, 2.45) is 0 Å². The van der Waals surface area contributed by atoms with Crippen LogP contribution in [-0.2, 0) is 9.59 Å². The molecule has 0 bridgehead atoms. The van der Waals surface area contributed by atoms with Gasteiger partial charge >= 0.3 is 11.8 Å². The van der Waals surface area contributed by atoms with Crippen LogP contribution in [0.3, 0.4) is 0 Å². The van der Waals surface area contributed by atoms with Crippen LogP contribution in [0.15, 0.2) is 29.2 Å². The molecular weight excluding hydrogens is 250 g/mol. The topological polar surface area (TPSA) is 82.0 Å². The zero-order chi connectivity index (χ0) is 13.0. The maximum Gasteiger partial charge on any atom is 0.313 e. The highest BCUT2D eigenvalue weighted by atomic mass is 32.2. The number of amides is 2. The highest BCUT2D eigenvalue weighted by Crippen LogP contribution is 2.20. The summed E-state index contributed by atoms with van der Waals surface area (Å²) in [5, 5.41) is 15.6. The molecule has 0 spiro atoms. The summed E-state index contributed by atoms with van der Waals surface area (Å²) in [5.74, 6) is -1.27. The number of hydrogen-bond acceptors (Lipinski definition) is 4. The first kappa shape index (κ1) is 12.5. The van der Waals surface area contributed by atoms with Gasteiger partial charge in [-0.1, -0.05) is 0 Å². The second-order valence-corrected chi connectivity index (χ2v) is 4.78. The molecular formula is C12H11N3O2S. The molecule has 0 aromatic heterocycles. The number of hydrogen-bond donors (Lipinski definition) is 2. The first-order valence-electron chi connectivity index (χ1n) is 5.47. The van der Waals surface area contributed by atoms with Crippen LogP contribution in [0.4, 0.5) is 5.69 Å². The van der Waals surface area contributed by atoms with Crippen molar-refractivity contribution < 1.29 is 9.59 Å². The first-order chi connectivity index (χ1) is 8.69. The fourth-order valence-electron chi connectivity index (χ4n) is 1.33. The van der Waals surface area contributed by atoms with Crippen LogP contribution in [-0.4, -0.2) is 17.9 Å². The fourth-order valence-corrected chi connectivity index (χ4v) is 1.70. The van der Waals surface area contributed by atoms with E-state index in [1.165, 1.54) is 0 Å². The average molecular weight is 261 g/mol. The van der Waals surface area contributed by atoms with Crippen LogP contribution < -0.4 is 10.6 Å². The minimum atomic E-state index is -0.664. The Hall–Kier alpha value is -2.00. The van der Waals surface area contributed by atoms with Crippen molar-refractivity contribution in [2.45, 2.75) is 23.8 Å². The number of nitrogens with one attached hydrogen (secondary N) is 2. The summed E-state index contributed by atoms with van der Waals surface area (Å²) in [7, 11) is 0. The van der Waals surface area contributed by atoms with Gasteiger partial charge in [0.15, 0.2) is 0 Å². The molecule has 1 saturated carbocycles. The summed E-state index contributed by atoms with van der Waals surface area (Å²) in [5.41, 5.74) is 0.535. The Kier molecular flexibility index (Phi) is 3.85. The Labute approximate surface area is 109 Å². The van der Waals surface area contributed by atoms with E-state index >= 15 is 0 Å². The average Bonchev–Trinajstić information content (AvgIpc) is 3.16. The van der Waals surface area contributed by atoms with Crippen LogP contribution in [0, 0.1) is 10.7 Å². The molecule has 2 amide bonds. The molecule has 6 heteroatoms. The molecule has 1 aromatic carbocycles. The molecule has 0 heterocycles. The molecule has 1 aliphatic carbocycles. The second-order valence-electron chi connectivity index (χ2n) is 3.92.